The number of amidine groups is 1. The van der Waals surface area contributed by atoms with E-state index >= 15 is 0 Å². The van der Waals surface area contributed by atoms with E-state index in [4.69, 9.17) is 14.5 Å². The van der Waals surface area contributed by atoms with Crippen molar-refractivity contribution < 1.29 is 14.3 Å². The van der Waals surface area contributed by atoms with E-state index in [1.165, 1.54) is 17.3 Å². The molecule has 206 valence electrons. The summed E-state index contributed by atoms with van der Waals surface area (Å²) in [5, 5.41) is 0.717. The van der Waals surface area contributed by atoms with Crippen LogP contribution in [-0.4, -0.2) is 80.0 Å². The molecule has 3 heterocycles. The number of allylic oxidation sites excluding steroid dienone is 1. The van der Waals surface area contributed by atoms with Gasteiger partial charge in [0.25, 0.3) is 5.91 Å². The number of para-hydroxylation sites is 1. The Morgan fingerprint density at radius 2 is 1.87 bits per heavy atom. The number of fused-ring (bicyclic) bond motifs is 1. The highest BCUT2D eigenvalue weighted by Gasteiger charge is 2.34. The van der Waals surface area contributed by atoms with Gasteiger partial charge in [-0.15, -0.1) is 0 Å². The van der Waals surface area contributed by atoms with Gasteiger partial charge in [0.15, 0.2) is 5.17 Å². The summed E-state index contributed by atoms with van der Waals surface area (Å²) in [6, 6.07) is 14.1. The van der Waals surface area contributed by atoms with Crippen LogP contribution in [0.2, 0.25) is 0 Å². The third kappa shape index (κ3) is 5.93. The summed E-state index contributed by atoms with van der Waals surface area (Å²) < 4.78 is 11.3. The van der Waals surface area contributed by atoms with Crippen LogP contribution in [0.1, 0.15) is 38.3 Å². The van der Waals surface area contributed by atoms with Crippen LogP contribution in [0, 0.1) is 0 Å². The van der Waals surface area contributed by atoms with Crippen LogP contribution in [0.15, 0.2) is 58.4 Å². The highest BCUT2D eigenvalue weighted by molar-refractivity contribution is 8.18. The summed E-state index contributed by atoms with van der Waals surface area (Å²) in [7, 11) is 3.79. The monoisotopic (exact) mass is 546 g/mol. The number of likely N-dealkylation sites (N-methyl/N-ethyl adjacent to an activating group) is 1. The van der Waals surface area contributed by atoms with Crippen molar-refractivity contribution in [2.24, 2.45) is 4.99 Å². The van der Waals surface area contributed by atoms with Crippen LogP contribution in [0.25, 0.3) is 11.6 Å². The fraction of sp³-hybridized carbons (Fsp3) is 0.419. The van der Waals surface area contributed by atoms with Crippen molar-refractivity contribution in [3.8, 4) is 5.75 Å². The van der Waals surface area contributed by atoms with Crippen molar-refractivity contribution in [3.63, 3.8) is 0 Å². The Bertz CT molecular complexity index is 1310. The number of nitrogens with zero attached hydrogens (tertiary/aromatic N) is 4. The SMILES string of the molecule is COc1cc2c(cc1/C=C1/SC(=Nc3ccccc3)N(CCCN3CCOCC3)C1=O)C(C)=CC(C)(C)N2C. The number of anilines is 1. The first-order valence-corrected chi connectivity index (χ1v) is 14.4. The summed E-state index contributed by atoms with van der Waals surface area (Å²) in [4.78, 5) is 25.8. The molecular weight excluding hydrogens is 508 g/mol. The van der Waals surface area contributed by atoms with Crippen LogP contribution >= 0.6 is 11.8 Å². The van der Waals surface area contributed by atoms with Gasteiger partial charge in [0.05, 0.1) is 36.5 Å². The maximum atomic E-state index is 13.7. The van der Waals surface area contributed by atoms with E-state index in [2.05, 4.69) is 55.8 Å². The molecule has 7 nitrogen and oxygen atoms in total. The van der Waals surface area contributed by atoms with Crippen molar-refractivity contribution in [2.75, 3.05) is 58.5 Å². The number of carbonyl (C=O) groups is 1. The predicted molar refractivity (Wildman–Crippen MR) is 162 cm³/mol. The third-order valence-electron chi connectivity index (χ3n) is 7.68. The van der Waals surface area contributed by atoms with E-state index < -0.39 is 0 Å². The van der Waals surface area contributed by atoms with Crippen molar-refractivity contribution in [2.45, 2.75) is 32.7 Å². The zero-order valence-corrected chi connectivity index (χ0v) is 24.4. The number of rotatable bonds is 7. The number of carbonyl (C=O) groups excluding carboxylic acids is 1. The molecule has 5 rings (SSSR count). The summed E-state index contributed by atoms with van der Waals surface area (Å²) >= 11 is 1.43. The minimum absolute atomic E-state index is 0.0121. The number of hydrogen-bond acceptors (Lipinski definition) is 7. The van der Waals surface area contributed by atoms with E-state index in [0.717, 1.165) is 67.5 Å². The molecule has 8 heteroatoms. The van der Waals surface area contributed by atoms with Crippen molar-refractivity contribution in [1.29, 1.82) is 0 Å². The van der Waals surface area contributed by atoms with Crippen LogP contribution < -0.4 is 9.64 Å². The van der Waals surface area contributed by atoms with Gasteiger partial charge in [-0.1, -0.05) is 24.3 Å². The Labute approximate surface area is 236 Å². The van der Waals surface area contributed by atoms with E-state index in [1.54, 1.807) is 7.11 Å². The first kappa shape index (κ1) is 27.5. The molecule has 39 heavy (non-hydrogen) atoms. The molecule has 3 aliphatic heterocycles. The lowest BCUT2D eigenvalue weighted by atomic mass is 9.88. The molecule has 0 spiro atoms. The van der Waals surface area contributed by atoms with Crippen molar-refractivity contribution in [1.82, 2.24) is 9.80 Å². The van der Waals surface area contributed by atoms with Crippen molar-refractivity contribution in [3.05, 3.63) is 64.6 Å². The normalized spacial score (nSPS) is 21.5. The number of benzene rings is 2. The quantitative estimate of drug-likeness (QED) is 0.418. The van der Waals surface area contributed by atoms with Gasteiger partial charge in [-0.05, 0) is 68.8 Å². The summed E-state index contributed by atoms with van der Waals surface area (Å²) in [5.74, 6) is 0.737. The molecule has 2 aromatic rings. The summed E-state index contributed by atoms with van der Waals surface area (Å²) in [6.45, 7) is 11.5. The van der Waals surface area contributed by atoms with Gasteiger partial charge in [0, 0.05) is 56.1 Å². The minimum atomic E-state index is -0.0934. The fourth-order valence-corrected chi connectivity index (χ4v) is 6.32. The summed E-state index contributed by atoms with van der Waals surface area (Å²) in [6.07, 6.45) is 5.12. The van der Waals surface area contributed by atoms with E-state index in [-0.39, 0.29) is 11.4 Å². The van der Waals surface area contributed by atoms with Crippen LogP contribution in [0.3, 0.4) is 0 Å². The lowest BCUT2D eigenvalue weighted by molar-refractivity contribution is -0.122. The second-order valence-corrected chi connectivity index (χ2v) is 11.8. The van der Waals surface area contributed by atoms with Gasteiger partial charge >= 0.3 is 0 Å². The number of thioether (sulfide) groups is 1. The lowest BCUT2D eigenvalue weighted by Gasteiger charge is -2.41. The maximum absolute atomic E-state index is 13.7. The molecule has 0 unspecified atom stereocenters. The average Bonchev–Trinajstić information content (AvgIpc) is 3.21. The fourth-order valence-electron chi connectivity index (χ4n) is 5.30. The standard InChI is InChI=1S/C31H38N4O3S/c1-22-21-31(2,3)33(4)26-20-27(37-5)23(18-25(22)26)19-28-29(36)35(13-9-12-34-14-16-38-17-15-34)30(39-28)32-24-10-7-6-8-11-24/h6-8,10-11,18-21H,9,12-17H2,1-5H3/b28-19+,32-30?. The van der Waals surface area contributed by atoms with E-state index in [9.17, 15) is 4.79 Å². The molecule has 0 aromatic heterocycles. The maximum Gasteiger partial charge on any atom is 0.266 e. The lowest BCUT2D eigenvalue weighted by Crippen LogP contribution is -2.42. The first-order valence-electron chi connectivity index (χ1n) is 13.6. The predicted octanol–water partition coefficient (Wildman–Crippen LogP) is 5.65. The molecule has 0 radical (unpaired) electrons. The Morgan fingerprint density at radius 1 is 1.13 bits per heavy atom. The largest absolute Gasteiger partial charge is 0.496 e. The second kappa shape index (κ2) is 11.6. The van der Waals surface area contributed by atoms with E-state index in [1.807, 2.05) is 41.3 Å². The van der Waals surface area contributed by atoms with E-state index in [0.29, 0.717) is 16.6 Å². The number of morpholine rings is 1. The van der Waals surface area contributed by atoms with Gasteiger partial charge < -0.3 is 14.4 Å². The number of ether oxygens (including phenoxy) is 2. The Hall–Kier alpha value is -3.07. The minimum Gasteiger partial charge on any atom is -0.496 e. The number of hydrogen-bond donors (Lipinski definition) is 0. The molecule has 2 fully saturated rings. The van der Waals surface area contributed by atoms with Crippen LogP contribution in [-0.2, 0) is 9.53 Å². The smallest absolute Gasteiger partial charge is 0.266 e. The Balaban J connectivity index is 1.45. The number of methoxy groups -OCH3 is 1. The van der Waals surface area contributed by atoms with Gasteiger partial charge in [-0.25, -0.2) is 4.99 Å². The number of amides is 1. The average molecular weight is 547 g/mol. The molecule has 0 atom stereocenters. The first-order chi connectivity index (χ1) is 18.8. The Kier molecular flexibility index (Phi) is 8.16. The van der Waals surface area contributed by atoms with Gasteiger partial charge in [-0.3, -0.25) is 14.6 Å². The molecular formula is C31H38N4O3S. The molecule has 0 N–H and O–H groups in total. The molecule has 0 aliphatic carbocycles. The molecule has 1 amide bonds. The zero-order valence-electron chi connectivity index (χ0n) is 23.6. The highest BCUT2D eigenvalue weighted by Crippen LogP contribution is 2.43. The highest BCUT2D eigenvalue weighted by atomic mass is 32.2. The molecule has 0 bridgehead atoms. The molecule has 0 saturated carbocycles. The topological polar surface area (TPSA) is 57.6 Å². The third-order valence-corrected chi connectivity index (χ3v) is 8.69. The summed E-state index contributed by atoms with van der Waals surface area (Å²) in [5.41, 5.74) is 5.13. The van der Waals surface area contributed by atoms with Crippen molar-refractivity contribution >= 4 is 45.9 Å². The van der Waals surface area contributed by atoms with Crippen LogP contribution in [0.5, 0.6) is 5.75 Å². The van der Waals surface area contributed by atoms with Gasteiger partial charge in [-0.2, -0.15) is 0 Å². The van der Waals surface area contributed by atoms with Gasteiger partial charge in [0.2, 0.25) is 0 Å². The van der Waals surface area contributed by atoms with Crippen LogP contribution in [0.4, 0.5) is 11.4 Å². The molecule has 2 saturated heterocycles. The molecule has 2 aromatic carbocycles. The Morgan fingerprint density at radius 3 is 2.59 bits per heavy atom. The molecule has 3 aliphatic rings. The van der Waals surface area contributed by atoms with Gasteiger partial charge in [0.1, 0.15) is 5.75 Å². The second-order valence-electron chi connectivity index (χ2n) is 10.8. The zero-order chi connectivity index (χ0) is 27.6. The number of aliphatic imine (C=N–C) groups is 1.